The van der Waals surface area contributed by atoms with Crippen LogP contribution in [0.15, 0.2) is 18.2 Å². The van der Waals surface area contributed by atoms with Crippen molar-refractivity contribution in [3.05, 3.63) is 29.6 Å². The van der Waals surface area contributed by atoms with Gasteiger partial charge in [0, 0.05) is 18.8 Å². The van der Waals surface area contributed by atoms with Crippen LogP contribution >= 0.6 is 0 Å². The average Bonchev–Trinajstić information content (AvgIpc) is 2.39. The van der Waals surface area contributed by atoms with Crippen LogP contribution in [-0.2, 0) is 11.2 Å². The normalized spacial score (nSPS) is 16.1. The summed E-state index contributed by atoms with van der Waals surface area (Å²) in [5.41, 5.74) is 2.28. The van der Waals surface area contributed by atoms with Crippen molar-refractivity contribution in [3.8, 4) is 0 Å². The van der Waals surface area contributed by atoms with Gasteiger partial charge in [-0.05, 0) is 57.2 Å². The van der Waals surface area contributed by atoms with Crippen LogP contribution in [-0.4, -0.2) is 51.8 Å². The molecule has 0 atom stereocenters. The van der Waals surface area contributed by atoms with Crippen LogP contribution in [0.2, 0.25) is 0 Å². The van der Waals surface area contributed by atoms with E-state index in [0.717, 1.165) is 51.3 Å². The van der Waals surface area contributed by atoms with Crippen molar-refractivity contribution < 1.29 is 9.13 Å². The minimum Gasteiger partial charge on any atom is -0.378 e. The number of halogens is 1. The maximum absolute atomic E-state index is 13.4. The Hall–Kier alpha value is -1.13. The van der Waals surface area contributed by atoms with Crippen LogP contribution in [0, 0.1) is 5.82 Å². The SMILES string of the molecule is CN(C)CCCc1cc(F)ccc1N1CCOCC1. The Labute approximate surface area is 115 Å². The van der Waals surface area contributed by atoms with Crippen molar-refractivity contribution in [3.63, 3.8) is 0 Å². The average molecular weight is 266 g/mol. The van der Waals surface area contributed by atoms with Crippen LogP contribution in [0.25, 0.3) is 0 Å². The molecule has 0 radical (unpaired) electrons. The summed E-state index contributed by atoms with van der Waals surface area (Å²) in [5.74, 6) is -0.142. The smallest absolute Gasteiger partial charge is 0.123 e. The van der Waals surface area contributed by atoms with Gasteiger partial charge in [-0.2, -0.15) is 0 Å². The molecule has 1 aliphatic heterocycles. The molecule has 0 aliphatic carbocycles. The third kappa shape index (κ3) is 4.18. The minimum absolute atomic E-state index is 0.142. The number of hydrogen-bond donors (Lipinski definition) is 0. The van der Waals surface area contributed by atoms with Crippen LogP contribution in [0.4, 0.5) is 10.1 Å². The molecule has 1 aliphatic rings. The molecule has 1 aromatic carbocycles. The number of anilines is 1. The first kappa shape index (κ1) is 14.3. The lowest BCUT2D eigenvalue weighted by Gasteiger charge is -2.30. The van der Waals surface area contributed by atoms with Gasteiger partial charge in [-0.1, -0.05) is 0 Å². The lowest BCUT2D eigenvalue weighted by molar-refractivity contribution is 0.122. The molecule has 0 saturated carbocycles. The standard InChI is InChI=1S/C15H23FN2O/c1-17(2)7-3-4-13-12-14(16)5-6-15(13)18-8-10-19-11-9-18/h5-6,12H,3-4,7-11H2,1-2H3. The maximum atomic E-state index is 13.4. The molecule has 1 heterocycles. The fourth-order valence-electron chi connectivity index (χ4n) is 2.45. The molecule has 0 spiro atoms. The molecule has 4 heteroatoms. The number of nitrogens with zero attached hydrogens (tertiary/aromatic N) is 2. The summed E-state index contributed by atoms with van der Waals surface area (Å²) in [6.45, 7) is 4.33. The highest BCUT2D eigenvalue weighted by Crippen LogP contribution is 2.24. The molecule has 2 rings (SSSR count). The van der Waals surface area contributed by atoms with E-state index in [4.69, 9.17) is 4.74 Å². The van der Waals surface area contributed by atoms with E-state index in [1.54, 1.807) is 12.1 Å². The number of rotatable bonds is 5. The van der Waals surface area contributed by atoms with Gasteiger partial charge in [0.1, 0.15) is 5.82 Å². The van der Waals surface area contributed by atoms with Gasteiger partial charge in [0.25, 0.3) is 0 Å². The van der Waals surface area contributed by atoms with Gasteiger partial charge >= 0.3 is 0 Å². The molecule has 1 fully saturated rings. The molecule has 0 amide bonds. The van der Waals surface area contributed by atoms with Gasteiger partial charge in [-0.15, -0.1) is 0 Å². The van der Waals surface area contributed by atoms with E-state index in [-0.39, 0.29) is 5.82 Å². The summed E-state index contributed by atoms with van der Waals surface area (Å²) in [6.07, 6.45) is 1.97. The predicted molar refractivity (Wildman–Crippen MR) is 76.3 cm³/mol. The van der Waals surface area contributed by atoms with Crippen molar-refractivity contribution in [1.82, 2.24) is 4.90 Å². The molecule has 0 bridgehead atoms. The molecule has 1 saturated heterocycles. The highest BCUT2D eigenvalue weighted by molar-refractivity contribution is 5.54. The van der Waals surface area contributed by atoms with Crippen molar-refractivity contribution in [2.45, 2.75) is 12.8 Å². The summed E-state index contributed by atoms with van der Waals surface area (Å²) in [7, 11) is 4.13. The molecule has 0 N–H and O–H groups in total. The zero-order chi connectivity index (χ0) is 13.7. The first-order valence-electron chi connectivity index (χ1n) is 6.92. The first-order valence-corrected chi connectivity index (χ1v) is 6.92. The van der Waals surface area contributed by atoms with E-state index in [2.05, 4.69) is 23.9 Å². The Bertz CT molecular complexity index is 403. The van der Waals surface area contributed by atoms with Gasteiger partial charge in [0.05, 0.1) is 13.2 Å². The first-order chi connectivity index (χ1) is 9.16. The second-order valence-corrected chi connectivity index (χ2v) is 5.28. The fraction of sp³-hybridized carbons (Fsp3) is 0.600. The number of benzene rings is 1. The largest absolute Gasteiger partial charge is 0.378 e. The van der Waals surface area contributed by atoms with Gasteiger partial charge in [0.2, 0.25) is 0 Å². The van der Waals surface area contributed by atoms with Gasteiger partial charge in [0.15, 0.2) is 0 Å². The minimum atomic E-state index is -0.142. The Kier molecular flexibility index (Phi) is 5.16. The van der Waals surface area contributed by atoms with Crippen molar-refractivity contribution >= 4 is 5.69 Å². The molecule has 106 valence electrons. The highest BCUT2D eigenvalue weighted by Gasteiger charge is 2.15. The number of hydrogen-bond acceptors (Lipinski definition) is 3. The molecule has 1 aromatic rings. The molecular formula is C15H23FN2O. The van der Waals surface area contributed by atoms with Crippen LogP contribution in [0.1, 0.15) is 12.0 Å². The summed E-state index contributed by atoms with van der Waals surface area (Å²) in [6, 6.07) is 5.15. The van der Waals surface area contributed by atoms with E-state index < -0.39 is 0 Å². The maximum Gasteiger partial charge on any atom is 0.123 e. The van der Waals surface area contributed by atoms with Crippen molar-refractivity contribution in [2.24, 2.45) is 0 Å². The van der Waals surface area contributed by atoms with E-state index in [1.165, 1.54) is 5.69 Å². The number of aryl methyl sites for hydroxylation is 1. The highest BCUT2D eigenvalue weighted by atomic mass is 19.1. The summed E-state index contributed by atoms with van der Waals surface area (Å²) in [5, 5.41) is 0. The van der Waals surface area contributed by atoms with Gasteiger partial charge in [-0.25, -0.2) is 4.39 Å². The molecule has 0 aromatic heterocycles. The summed E-state index contributed by atoms with van der Waals surface area (Å²) in [4.78, 5) is 4.46. The predicted octanol–water partition coefficient (Wildman–Crippen LogP) is 2.16. The zero-order valence-electron chi connectivity index (χ0n) is 11.9. The van der Waals surface area contributed by atoms with Crippen LogP contribution < -0.4 is 4.90 Å². The summed E-state index contributed by atoms with van der Waals surface area (Å²) < 4.78 is 18.8. The van der Waals surface area contributed by atoms with Crippen LogP contribution in [0.3, 0.4) is 0 Å². The Morgan fingerprint density at radius 1 is 1.26 bits per heavy atom. The fourth-order valence-corrected chi connectivity index (χ4v) is 2.45. The second kappa shape index (κ2) is 6.87. The Morgan fingerprint density at radius 3 is 2.68 bits per heavy atom. The third-order valence-corrected chi connectivity index (χ3v) is 3.44. The molecular weight excluding hydrogens is 243 g/mol. The molecule has 3 nitrogen and oxygen atoms in total. The Morgan fingerprint density at radius 2 is 2.00 bits per heavy atom. The number of morpholine rings is 1. The molecule has 0 unspecified atom stereocenters. The van der Waals surface area contributed by atoms with Gasteiger partial charge < -0.3 is 14.5 Å². The van der Waals surface area contributed by atoms with E-state index in [1.807, 2.05) is 6.07 Å². The van der Waals surface area contributed by atoms with E-state index >= 15 is 0 Å². The molecule has 19 heavy (non-hydrogen) atoms. The van der Waals surface area contributed by atoms with E-state index in [0.29, 0.717) is 0 Å². The summed E-state index contributed by atoms with van der Waals surface area (Å²) >= 11 is 0. The quantitative estimate of drug-likeness (QED) is 0.812. The zero-order valence-corrected chi connectivity index (χ0v) is 11.9. The van der Waals surface area contributed by atoms with Crippen molar-refractivity contribution in [1.29, 1.82) is 0 Å². The van der Waals surface area contributed by atoms with Gasteiger partial charge in [-0.3, -0.25) is 0 Å². The monoisotopic (exact) mass is 266 g/mol. The van der Waals surface area contributed by atoms with Crippen LogP contribution in [0.5, 0.6) is 0 Å². The Balaban J connectivity index is 2.08. The third-order valence-electron chi connectivity index (χ3n) is 3.44. The lowest BCUT2D eigenvalue weighted by Crippen LogP contribution is -2.36. The van der Waals surface area contributed by atoms with Crippen molar-refractivity contribution in [2.75, 3.05) is 51.8 Å². The van der Waals surface area contributed by atoms with E-state index in [9.17, 15) is 4.39 Å². The lowest BCUT2D eigenvalue weighted by atomic mass is 10.1. The topological polar surface area (TPSA) is 15.7 Å². The number of ether oxygens (including phenoxy) is 1. The second-order valence-electron chi connectivity index (χ2n) is 5.28.